The average Bonchev–Trinajstić information content (AvgIpc) is 3.15. The normalized spacial score (nSPS) is 11.1. The molecule has 2 aromatic carbocycles. The van der Waals surface area contributed by atoms with Crippen molar-refractivity contribution in [1.82, 2.24) is 19.9 Å². The monoisotopic (exact) mass is 443 g/mol. The third kappa shape index (κ3) is 3.67. The van der Waals surface area contributed by atoms with Crippen molar-refractivity contribution in [3.8, 4) is 0 Å². The molecule has 0 aliphatic heterocycles. The fourth-order valence-corrected chi connectivity index (χ4v) is 4.36. The molecule has 5 aromatic rings. The highest BCUT2D eigenvalue weighted by Gasteiger charge is 2.24. The largest absolute Gasteiger partial charge is 0.353 e. The topological polar surface area (TPSA) is 119 Å². The highest BCUT2D eigenvalue weighted by molar-refractivity contribution is 7.22. The molecule has 0 atom stereocenters. The van der Waals surface area contributed by atoms with Crippen LogP contribution in [0.15, 0.2) is 54.9 Å². The first kappa shape index (κ1) is 19.8. The van der Waals surface area contributed by atoms with Crippen LogP contribution in [-0.2, 0) is 0 Å². The Morgan fingerprint density at radius 1 is 0.969 bits per heavy atom. The van der Waals surface area contributed by atoms with Gasteiger partial charge in [0.2, 0.25) is 11.6 Å². The van der Waals surface area contributed by atoms with Crippen LogP contribution < -0.4 is 10.6 Å². The van der Waals surface area contributed by atoms with Gasteiger partial charge in [0.15, 0.2) is 5.13 Å². The number of hydrogen-bond donors (Lipinski definition) is 2. The van der Waals surface area contributed by atoms with Gasteiger partial charge < -0.3 is 10.6 Å². The maximum Gasteiger partial charge on any atom is 0.353 e. The molecule has 32 heavy (non-hydrogen) atoms. The van der Waals surface area contributed by atoms with Gasteiger partial charge in [-0.25, -0.2) is 15.0 Å². The van der Waals surface area contributed by atoms with Crippen LogP contribution >= 0.6 is 11.3 Å². The molecule has 0 saturated carbocycles. The predicted molar refractivity (Wildman–Crippen MR) is 126 cm³/mol. The van der Waals surface area contributed by atoms with E-state index in [1.165, 1.54) is 17.7 Å². The van der Waals surface area contributed by atoms with E-state index in [0.717, 1.165) is 26.9 Å². The summed E-state index contributed by atoms with van der Waals surface area (Å²) in [5.74, 6) is 0.132. The number of aryl methyl sites for hydroxylation is 2. The first-order valence-electron chi connectivity index (χ1n) is 9.75. The molecule has 3 heterocycles. The van der Waals surface area contributed by atoms with E-state index in [1.807, 2.05) is 62.4 Å². The third-order valence-electron chi connectivity index (χ3n) is 4.89. The number of benzene rings is 2. The van der Waals surface area contributed by atoms with E-state index >= 15 is 0 Å². The van der Waals surface area contributed by atoms with Gasteiger partial charge in [-0.3, -0.25) is 15.1 Å². The Morgan fingerprint density at radius 3 is 2.59 bits per heavy atom. The molecule has 0 saturated heterocycles. The number of nitro groups is 1. The maximum absolute atomic E-state index is 12.0. The Balaban J connectivity index is 1.55. The summed E-state index contributed by atoms with van der Waals surface area (Å²) < 4.78 is 0.986. The quantitative estimate of drug-likeness (QED) is 0.264. The zero-order valence-corrected chi connectivity index (χ0v) is 18.0. The Morgan fingerprint density at radius 2 is 1.78 bits per heavy atom. The zero-order chi connectivity index (χ0) is 22.2. The molecule has 0 spiro atoms. The number of aromatic nitrogens is 4. The maximum atomic E-state index is 12.0. The Labute approximate surface area is 186 Å². The van der Waals surface area contributed by atoms with Crippen molar-refractivity contribution in [3.63, 3.8) is 0 Å². The van der Waals surface area contributed by atoms with E-state index in [9.17, 15) is 10.1 Å². The molecule has 3 aromatic heterocycles. The minimum Gasteiger partial charge on any atom is -0.332 e. The molecule has 5 rings (SSSR count). The minimum absolute atomic E-state index is 0.0626. The van der Waals surface area contributed by atoms with Crippen molar-refractivity contribution >= 4 is 60.6 Å². The fraction of sp³-hybridized carbons (Fsp3) is 0.0909. The molecule has 0 aliphatic carbocycles. The van der Waals surface area contributed by atoms with Crippen LogP contribution in [0.1, 0.15) is 11.3 Å². The smallest absolute Gasteiger partial charge is 0.332 e. The van der Waals surface area contributed by atoms with E-state index < -0.39 is 4.92 Å². The summed E-state index contributed by atoms with van der Waals surface area (Å²) in [7, 11) is 0. The number of pyridine rings is 1. The second-order valence-electron chi connectivity index (χ2n) is 7.25. The second-order valence-corrected chi connectivity index (χ2v) is 8.28. The number of anilines is 4. The number of thiazole rings is 1. The van der Waals surface area contributed by atoms with Gasteiger partial charge in [-0.15, -0.1) is 0 Å². The number of fused-ring (bicyclic) bond motifs is 2. The van der Waals surface area contributed by atoms with Crippen LogP contribution in [0.3, 0.4) is 0 Å². The molecule has 0 bridgehead atoms. The minimum atomic E-state index is -0.508. The lowest BCUT2D eigenvalue weighted by molar-refractivity contribution is -0.383. The molecule has 158 valence electrons. The third-order valence-corrected chi connectivity index (χ3v) is 5.82. The van der Waals surface area contributed by atoms with Gasteiger partial charge in [0.25, 0.3) is 0 Å². The summed E-state index contributed by atoms with van der Waals surface area (Å²) >= 11 is 1.40. The van der Waals surface area contributed by atoms with Crippen molar-refractivity contribution in [3.05, 3.63) is 76.2 Å². The number of rotatable bonds is 5. The van der Waals surface area contributed by atoms with E-state index in [0.29, 0.717) is 16.3 Å². The van der Waals surface area contributed by atoms with Crippen molar-refractivity contribution in [2.75, 3.05) is 10.6 Å². The predicted octanol–water partition coefficient (Wildman–Crippen LogP) is 5.65. The SMILES string of the molecule is Cc1ccc2nc(Nc3ncnc(Nc4cccc5ccc(C)nc45)c3[N+](=O)[O-])sc2c1. The van der Waals surface area contributed by atoms with Crippen LogP contribution in [-0.4, -0.2) is 24.9 Å². The second kappa shape index (κ2) is 7.82. The van der Waals surface area contributed by atoms with Crippen molar-refractivity contribution in [2.45, 2.75) is 13.8 Å². The molecule has 0 amide bonds. The summed E-state index contributed by atoms with van der Waals surface area (Å²) in [6, 6.07) is 15.4. The molecule has 0 unspecified atom stereocenters. The van der Waals surface area contributed by atoms with Crippen molar-refractivity contribution in [2.24, 2.45) is 0 Å². The van der Waals surface area contributed by atoms with Gasteiger partial charge in [-0.05, 0) is 43.7 Å². The van der Waals surface area contributed by atoms with Gasteiger partial charge in [-0.2, -0.15) is 0 Å². The Bertz CT molecular complexity index is 1500. The first-order valence-corrected chi connectivity index (χ1v) is 10.6. The Kier molecular flexibility index (Phi) is 4.83. The molecule has 0 aliphatic rings. The first-order chi connectivity index (χ1) is 15.5. The molecule has 10 heteroatoms. The number of para-hydroxylation sites is 1. The van der Waals surface area contributed by atoms with E-state index in [-0.39, 0.29) is 17.3 Å². The van der Waals surface area contributed by atoms with E-state index in [1.54, 1.807) is 0 Å². The summed E-state index contributed by atoms with van der Waals surface area (Å²) in [5.41, 5.74) is 3.83. The highest BCUT2D eigenvalue weighted by Crippen LogP contribution is 2.36. The summed E-state index contributed by atoms with van der Waals surface area (Å²) in [6.45, 7) is 3.90. The summed E-state index contributed by atoms with van der Waals surface area (Å²) in [5, 5.41) is 19.5. The average molecular weight is 443 g/mol. The van der Waals surface area contributed by atoms with Crippen LogP contribution in [0.2, 0.25) is 0 Å². The fourth-order valence-electron chi connectivity index (χ4n) is 3.39. The number of hydrogen-bond acceptors (Lipinski definition) is 9. The molecule has 0 radical (unpaired) electrons. The van der Waals surface area contributed by atoms with Crippen molar-refractivity contribution in [1.29, 1.82) is 0 Å². The van der Waals surface area contributed by atoms with Gasteiger partial charge >= 0.3 is 5.69 Å². The number of nitrogens with one attached hydrogen (secondary N) is 2. The van der Waals surface area contributed by atoms with Gasteiger partial charge in [0, 0.05) is 11.1 Å². The molecule has 9 nitrogen and oxygen atoms in total. The van der Waals surface area contributed by atoms with Crippen LogP contribution in [0.25, 0.3) is 21.1 Å². The molecular weight excluding hydrogens is 426 g/mol. The number of nitrogens with zero attached hydrogens (tertiary/aromatic N) is 5. The zero-order valence-electron chi connectivity index (χ0n) is 17.2. The van der Waals surface area contributed by atoms with Crippen LogP contribution in [0, 0.1) is 24.0 Å². The lowest BCUT2D eigenvalue weighted by atomic mass is 10.1. The lowest BCUT2D eigenvalue weighted by Crippen LogP contribution is -2.06. The van der Waals surface area contributed by atoms with Crippen LogP contribution in [0.4, 0.5) is 28.1 Å². The van der Waals surface area contributed by atoms with E-state index in [4.69, 9.17) is 0 Å². The standard InChI is InChI=1S/C22H17N7O2S/c1-12-6-9-15-17(10-12)32-22(27-15)28-21-19(29(30)31)20(23-11-24-21)26-16-5-3-4-14-8-7-13(2)25-18(14)16/h3-11H,1-2H3,(H2,23,24,26,27,28). The van der Waals surface area contributed by atoms with Gasteiger partial charge in [-0.1, -0.05) is 35.6 Å². The molecule has 2 N–H and O–H groups in total. The van der Waals surface area contributed by atoms with Gasteiger partial charge in [0.1, 0.15) is 6.33 Å². The van der Waals surface area contributed by atoms with Crippen LogP contribution in [0.5, 0.6) is 0 Å². The summed E-state index contributed by atoms with van der Waals surface area (Å²) in [4.78, 5) is 28.8. The Hall–Kier alpha value is -4.18. The molecular formula is C22H17N7O2S. The van der Waals surface area contributed by atoms with Crippen molar-refractivity contribution < 1.29 is 4.92 Å². The van der Waals surface area contributed by atoms with E-state index in [2.05, 4.69) is 30.6 Å². The lowest BCUT2D eigenvalue weighted by Gasteiger charge is -2.11. The molecule has 0 fully saturated rings. The van der Waals surface area contributed by atoms with Gasteiger partial charge in [0.05, 0.1) is 26.3 Å². The summed E-state index contributed by atoms with van der Waals surface area (Å²) in [6.07, 6.45) is 1.28. The highest BCUT2D eigenvalue weighted by atomic mass is 32.1.